The van der Waals surface area contributed by atoms with E-state index in [0.717, 1.165) is 16.7 Å². The SMILES string of the molecule is C=C1C/C(=N\O)C[C@H](OCc2ccccc2)[C@]2(COCc3ccccc3)OC(C)(C)OC[C@@H]12. The fourth-order valence-corrected chi connectivity index (χ4v) is 4.75. The van der Waals surface area contributed by atoms with Crippen LogP contribution in [0.2, 0.25) is 0 Å². The predicted molar refractivity (Wildman–Crippen MR) is 126 cm³/mol. The van der Waals surface area contributed by atoms with Crippen LogP contribution in [-0.4, -0.2) is 41.6 Å². The lowest BCUT2D eigenvalue weighted by molar-refractivity contribution is -0.358. The maximum atomic E-state index is 9.67. The molecule has 4 rings (SSSR count). The van der Waals surface area contributed by atoms with E-state index < -0.39 is 17.5 Å². The van der Waals surface area contributed by atoms with Gasteiger partial charge in [-0.15, -0.1) is 0 Å². The first-order valence-corrected chi connectivity index (χ1v) is 11.4. The molecule has 0 spiro atoms. The highest BCUT2D eigenvalue weighted by Crippen LogP contribution is 2.46. The third-order valence-corrected chi connectivity index (χ3v) is 6.39. The molecule has 2 aromatic carbocycles. The summed E-state index contributed by atoms with van der Waals surface area (Å²) in [6.07, 6.45) is 0.482. The summed E-state index contributed by atoms with van der Waals surface area (Å²) in [5.74, 6) is -0.983. The number of rotatable bonds is 7. The topological polar surface area (TPSA) is 69.5 Å². The van der Waals surface area contributed by atoms with Gasteiger partial charge in [0.1, 0.15) is 5.60 Å². The van der Waals surface area contributed by atoms with Crippen molar-refractivity contribution in [1.29, 1.82) is 0 Å². The number of benzene rings is 2. The zero-order valence-electron chi connectivity index (χ0n) is 19.4. The Morgan fingerprint density at radius 2 is 1.67 bits per heavy atom. The van der Waals surface area contributed by atoms with Gasteiger partial charge in [0.05, 0.1) is 38.2 Å². The van der Waals surface area contributed by atoms with Crippen LogP contribution in [0.3, 0.4) is 0 Å². The highest BCUT2D eigenvalue weighted by Gasteiger charge is 2.57. The number of ether oxygens (including phenoxy) is 4. The Labute approximate surface area is 195 Å². The average molecular weight is 452 g/mol. The standard InChI is InChI=1S/C27H33NO5/c1-20-14-23(28-29)15-25(31-17-22-12-8-5-9-13-22)27(24(20)18-32-26(2,3)33-27)19-30-16-21-10-6-4-7-11-21/h4-13,24-25,29H,1,14-19H2,2-3H3/b28-23+/t24-,25-,27+/m0/s1. The van der Waals surface area contributed by atoms with Crippen molar-refractivity contribution in [1.82, 2.24) is 0 Å². The van der Waals surface area contributed by atoms with Crippen molar-refractivity contribution in [3.8, 4) is 0 Å². The summed E-state index contributed by atoms with van der Waals surface area (Å²) in [5, 5.41) is 13.2. The normalized spacial score (nSPS) is 28.3. The molecule has 1 saturated carbocycles. The Kier molecular flexibility index (Phi) is 7.29. The summed E-state index contributed by atoms with van der Waals surface area (Å²) in [6, 6.07) is 20.1. The van der Waals surface area contributed by atoms with Crippen molar-refractivity contribution in [2.45, 2.75) is 57.4 Å². The van der Waals surface area contributed by atoms with E-state index >= 15 is 0 Å². The summed E-state index contributed by atoms with van der Waals surface area (Å²) >= 11 is 0. The summed E-state index contributed by atoms with van der Waals surface area (Å²) in [7, 11) is 0. The van der Waals surface area contributed by atoms with E-state index in [1.54, 1.807) is 0 Å². The van der Waals surface area contributed by atoms with Crippen molar-refractivity contribution in [2.75, 3.05) is 13.2 Å². The van der Waals surface area contributed by atoms with Gasteiger partial charge in [-0.2, -0.15) is 0 Å². The van der Waals surface area contributed by atoms with Gasteiger partial charge < -0.3 is 24.2 Å². The first-order chi connectivity index (χ1) is 15.9. The monoisotopic (exact) mass is 451 g/mol. The quantitative estimate of drug-likeness (QED) is 0.360. The van der Waals surface area contributed by atoms with E-state index in [1.165, 1.54) is 0 Å². The molecular weight excluding hydrogens is 418 g/mol. The van der Waals surface area contributed by atoms with E-state index in [0.29, 0.717) is 45.0 Å². The minimum Gasteiger partial charge on any atom is -0.411 e. The zero-order valence-corrected chi connectivity index (χ0v) is 19.4. The molecule has 0 radical (unpaired) electrons. The molecule has 33 heavy (non-hydrogen) atoms. The van der Waals surface area contributed by atoms with Gasteiger partial charge in [0, 0.05) is 18.8 Å². The van der Waals surface area contributed by atoms with Crippen LogP contribution in [0.5, 0.6) is 0 Å². The molecule has 1 N–H and O–H groups in total. The minimum absolute atomic E-state index is 0.165. The molecule has 0 unspecified atom stereocenters. The van der Waals surface area contributed by atoms with Crippen LogP contribution >= 0.6 is 0 Å². The van der Waals surface area contributed by atoms with E-state index in [9.17, 15) is 5.21 Å². The fraction of sp³-hybridized carbons (Fsp3) is 0.444. The van der Waals surface area contributed by atoms with Crippen molar-refractivity contribution in [3.63, 3.8) is 0 Å². The molecule has 176 valence electrons. The van der Waals surface area contributed by atoms with Crippen LogP contribution in [0.4, 0.5) is 0 Å². The van der Waals surface area contributed by atoms with Gasteiger partial charge in [-0.3, -0.25) is 0 Å². The molecule has 6 heteroatoms. The van der Waals surface area contributed by atoms with Gasteiger partial charge in [0.2, 0.25) is 0 Å². The fourth-order valence-electron chi connectivity index (χ4n) is 4.75. The van der Waals surface area contributed by atoms with Crippen molar-refractivity contribution < 1.29 is 24.2 Å². The lowest BCUT2D eigenvalue weighted by Gasteiger charge is -2.52. The first-order valence-electron chi connectivity index (χ1n) is 11.4. The molecule has 3 atom stereocenters. The second-order valence-electron chi connectivity index (χ2n) is 9.29. The summed E-state index contributed by atoms with van der Waals surface area (Å²) in [4.78, 5) is 0. The van der Waals surface area contributed by atoms with Crippen LogP contribution in [-0.2, 0) is 32.2 Å². The Bertz CT molecular complexity index is 959. The third kappa shape index (κ3) is 5.53. The van der Waals surface area contributed by atoms with Crippen molar-refractivity contribution in [2.24, 2.45) is 11.1 Å². The Hall–Kier alpha value is -2.51. The largest absolute Gasteiger partial charge is 0.411 e. The van der Waals surface area contributed by atoms with Gasteiger partial charge in [-0.25, -0.2) is 0 Å². The van der Waals surface area contributed by atoms with Gasteiger partial charge >= 0.3 is 0 Å². The molecule has 2 aromatic rings. The van der Waals surface area contributed by atoms with E-state index in [1.807, 2.05) is 74.5 Å². The smallest absolute Gasteiger partial charge is 0.163 e. The van der Waals surface area contributed by atoms with Crippen LogP contribution in [0.25, 0.3) is 0 Å². The zero-order chi connectivity index (χ0) is 23.3. The van der Waals surface area contributed by atoms with Crippen LogP contribution in [0.15, 0.2) is 78.0 Å². The van der Waals surface area contributed by atoms with Crippen LogP contribution in [0, 0.1) is 5.92 Å². The molecule has 2 fully saturated rings. The molecule has 6 nitrogen and oxygen atoms in total. The van der Waals surface area contributed by atoms with Crippen molar-refractivity contribution in [3.05, 3.63) is 83.9 Å². The molecule has 0 aromatic heterocycles. The maximum Gasteiger partial charge on any atom is 0.163 e. The van der Waals surface area contributed by atoms with Gasteiger partial charge in [0.15, 0.2) is 5.79 Å². The van der Waals surface area contributed by atoms with Crippen LogP contribution < -0.4 is 0 Å². The summed E-state index contributed by atoms with van der Waals surface area (Å²) < 4.78 is 25.5. The van der Waals surface area contributed by atoms with E-state index in [4.69, 9.17) is 18.9 Å². The molecular formula is C27H33NO5. The van der Waals surface area contributed by atoms with Crippen molar-refractivity contribution >= 4 is 5.71 Å². The van der Waals surface area contributed by atoms with Gasteiger partial charge in [0.25, 0.3) is 0 Å². The summed E-state index contributed by atoms with van der Waals surface area (Å²) in [6.45, 7) is 9.73. The number of nitrogens with zero attached hydrogens (tertiary/aromatic N) is 1. The van der Waals surface area contributed by atoms with E-state index in [-0.39, 0.29) is 5.92 Å². The third-order valence-electron chi connectivity index (χ3n) is 6.39. The molecule has 1 heterocycles. The predicted octanol–water partition coefficient (Wildman–Crippen LogP) is 5.11. The molecule has 1 aliphatic carbocycles. The first kappa shape index (κ1) is 23.6. The highest BCUT2D eigenvalue weighted by molar-refractivity contribution is 5.87. The van der Waals surface area contributed by atoms with Gasteiger partial charge in [-0.05, 0) is 25.0 Å². The Balaban J connectivity index is 1.65. The molecule has 0 amide bonds. The Morgan fingerprint density at radius 3 is 2.30 bits per heavy atom. The van der Waals surface area contributed by atoms with Gasteiger partial charge in [-0.1, -0.05) is 78.0 Å². The van der Waals surface area contributed by atoms with Crippen LogP contribution in [0.1, 0.15) is 37.8 Å². The number of hydrogen-bond acceptors (Lipinski definition) is 6. The number of fused-ring (bicyclic) bond motifs is 1. The number of oxime groups is 1. The molecule has 2 aliphatic rings. The lowest BCUT2D eigenvalue weighted by Crippen LogP contribution is -2.63. The molecule has 0 bridgehead atoms. The molecule has 1 aliphatic heterocycles. The maximum absolute atomic E-state index is 9.67. The second-order valence-corrected chi connectivity index (χ2v) is 9.29. The Morgan fingerprint density at radius 1 is 1.03 bits per heavy atom. The average Bonchev–Trinajstić information content (AvgIpc) is 2.92. The second kappa shape index (κ2) is 10.2. The molecule has 1 saturated heterocycles. The highest BCUT2D eigenvalue weighted by atomic mass is 16.7. The minimum atomic E-state index is -0.838. The lowest BCUT2D eigenvalue weighted by atomic mass is 9.78. The number of hydrogen-bond donors (Lipinski definition) is 1. The summed E-state index contributed by atoms with van der Waals surface area (Å²) in [5.41, 5.74) is 2.83. The van der Waals surface area contributed by atoms with E-state index in [2.05, 4.69) is 11.7 Å².